The van der Waals surface area contributed by atoms with Gasteiger partial charge in [-0.25, -0.2) is 0 Å². The molecule has 0 saturated carbocycles. The molecule has 4 rings (SSSR count). The summed E-state index contributed by atoms with van der Waals surface area (Å²) in [6.07, 6.45) is 6.52. The Morgan fingerprint density at radius 1 is 1.17 bits per heavy atom. The third kappa shape index (κ3) is 4.19. The Morgan fingerprint density at radius 2 is 1.93 bits per heavy atom. The lowest BCUT2D eigenvalue weighted by Crippen LogP contribution is -3.10. The number of fused-ring (bicyclic) bond motifs is 1. The number of Topliss-reactive ketones (excluding diaryl/α,β-unsaturated/α-hetero) is 1. The molecule has 0 aliphatic carbocycles. The Labute approximate surface area is 179 Å². The van der Waals surface area contributed by atoms with E-state index in [1.54, 1.807) is 19.3 Å². The molecule has 152 valence electrons. The maximum absolute atomic E-state index is 12.9. The highest BCUT2D eigenvalue weighted by atomic mass is 79.9. The van der Waals surface area contributed by atoms with Gasteiger partial charge in [0.05, 0.1) is 25.8 Å². The second-order valence-electron chi connectivity index (χ2n) is 7.59. The molecule has 6 heteroatoms. The number of likely N-dealkylation sites (tertiary alicyclic amines) is 1. The molecular weight excluding hydrogens is 434 g/mol. The molecule has 29 heavy (non-hydrogen) atoms. The second-order valence-corrected chi connectivity index (χ2v) is 8.50. The van der Waals surface area contributed by atoms with Crippen molar-refractivity contribution in [1.29, 1.82) is 0 Å². The van der Waals surface area contributed by atoms with Crippen LogP contribution in [0.5, 0.6) is 17.2 Å². The molecule has 5 nitrogen and oxygen atoms in total. The summed E-state index contributed by atoms with van der Waals surface area (Å²) in [6, 6.07) is 8.65. The van der Waals surface area contributed by atoms with Crippen LogP contribution in [0.2, 0.25) is 0 Å². The zero-order valence-electron chi connectivity index (χ0n) is 16.4. The highest BCUT2D eigenvalue weighted by molar-refractivity contribution is 9.10. The fourth-order valence-electron chi connectivity index (χ4n) is 4.07. The number of carbonyl (C=O) groups excluding carboxylic acids is 1. The van der Waals surface area contributed by atoms with E-state index in [-0.39, 0.29) is 17.3 Å². The van der Waals surface area contributed by atoms with E-state index in [1.165, 1.54) is 36.6 Å². The van der Waals surface area contributed by atoms with E-state index in [4.69, 9.17) is 9.47 Å². The van der Waals surface area contributed by atoms with Crippen molar-refractivity contribution in [1.82, 2.24) is 0 Å². The molecule has 0 amide bonds. The molecule has 0 radical (unpaired) electrons. The van der Waals surface area contributed by atoms with Gasteiger partial charge in [-0.1, -0.05) is 27.7 Å². The predicted octanol–water partition coefficient (Wildman–Crippen LogP) is 3.11. The van der Waals surface area contributed by atoms with Crippen molar-refractivity contribution in [2.75, 3.05) is 20.2 Å². The van der Waals surface area contributed by atoms with Crippen LogP contribution in [0.1, 0.15) is 47.2 Å². The van der Waals surface area contributed by atoms with Gasteiger partial charge in [0.25, 0.3) is 0 Å². The molecule has 0 aromatic heterocycles. The van der Waals surface area contributed by atoms with Crippen molar-refractivity contribution in [3.63, 3.8) is 0 Å². The monoisotopic (exact) mass is 457 g/mol. The Balaban J connectivity index is 1.67. The summed E-state index contributed by atoms with van der Waals surface area (Å²) in [7, 11) is 1.59. The minimum Gasteiger partial charge on any atom is -0.872 e. The van der Waals surface area contributed by atoms with E-state index in [2.05, 4.69) is 15.9 Å². The Morgan fingerprint density at radius 3 is 2.66 bits per heavy atom. The highest BCUT2D eigenvalue weighted by Crippen LogP contribution is 2.39. The van der Waals surface area contributed by atoms with E-state index in [0.29, 0.717) is 29.2 Å². The van der Waals surface area contributed by atoms with Crippen molar-refractivity contribution in [3.05, 3.63) is 57.3 Å². The van der Waals surface area contributed by atoms with Crippen LogP contribution in [0.4, 0.5) is 0 Å². The van der Waals surface area contributed by atoms with Gasteiger partial charge in [0.2, 0.25) is 5.78 Å². The van der Waals surface area contributed by atoms with Crippen molar-refractivity contribution in [2.24, 2.45) is 0 Å². The normalized spacial score (nSPS) is 18.4. The summed E-state index contributed by atoms with van der Waals surface area (Å²) in [6.45, 7) is 2.70. The molecule has 0 bridgehead atoms. The number of hydrogen-bond donors (Lipinski definition) is 1. The summed E-state index contributed by atoms with van der Waals surface area (Å²) < 4.78 is 12.2. The van der Waals surface area contributed by atoms with Crippen LogP contribution in [0.3, 0.4) is 0 Å². The first kappa shape index (κ1) is 20.0. The number of allylic oxidation sites excluding steroid dienone is 1. The molecule has 2 aromatic carbocycles. The Bertz CT molecular complexity index is 962. The van der Waals surface area contributed by atoms with Crippen LogP contribution in [-0.2, 0) is 6.54 Å². The number of benzene rings is 2. The van der Waals surface area contributed by atoms with Gasteiger partial charge in [-0.3, -0.25) is 4.79 Å². The molecular formula is C23H24BrNO4. The molecule has 1 saturated heterocycles. The first-order valence-electron chi connectivity index (χ1n) is 10.0. The number of quaternary nitrogens is 1. The number of ketones is 1. The summed E-state index contributed by atoms with van der Waals surface area (Å²) in [4.78, 5) is 14.3. The molecule has 0 atom stereocenters. The lowest BCUT2D eigenvalue weighted by atomic mass is 10.0. The SMILES string of the molecule is COc1ccc(Br)cc1C=C1Oc2c(ccc([O-])c2C[NH+]2CCCCCC2)C1=O. The average molecular weight is 458 g/mol. The van der Waals surface area contributed by atoms with E-state index < -0.39 is 0 Å². The average Bonchev–Trinajstić information content (AvgIpc) is 2.87. The summed E-state index contributed by atoms with van der Waals surface area (Å²) in [5, 5.41) is 12.6. The lowest BCUT2D eigenvalue weighted by molar-refractivity contribution is -0.913. The summed E-state index contributed by atoms with van der Waals surface area (Å²) in [5.74, 6) is 1.03. The van der Waals surface area contributed by atoms with E-state index in [9.17, 15) is 9.90 Å². The molecule has 1 fully saturated rings. The topological polar surface area (TPSA) is 63.0 Å². The fraction of sp³-hybridized carbons (Fsp3) is 0.348. The van der Waals surface area contributed by atoms with E-state index >= 15 is 0 Å². The fourth-order valence-corrected chi connectivity index (χ4v) is 4.45. The standard InChI is InChI=1S/C23H24BrNO4/c1-28-20-9-6-16(24)12-15(20)13-21-22(27)17-7-8-19(26)18(23(17)29-21)14-25-10-4-2-3-5-11-25/h6-9,12-13,26H,2-5,10-11,14H2,1H3. The molecule has 1 N–H and O–H groups in total. The highest BCUT2D eigenvalue weighted by Gasteiger charge is 2.31. The Kier molecular flexibility index (Phi) is 5.92. The van der Waals surface area contributed by atoms with Crippen LogP contribution < -0.4 is 19.5 Å². The summed E-state index contributed by atoms with van der Waals surface area (Å²) >= 11 is 3.45. The number of hydrogen-bond acceptors (Lipinski definition) is 4. The summed E-state index contributed by atoms with van der Waals surface area (Å²) in [5.41, 5.74) is 1.81. The maximum Gasteiger partial charge on any atom is 0.231 e. The quantitative estimate of drug-likeness (QED) is 0.716. The van der Waals surface area contributed by atoms with E-state index in [0.717, 1.165) is 23.1 Å². The van der Waals surface area contributed by atoms with Crippen LogP contribution in [0, 0.1) is 0 Å². The first-order valence-corrected chi connectivity index (χ1v) is 10.8. The smallest absolute Gasteiger partial charge is 0.231 e. The maximum atomic E-state index is 12.9. The largest absolute Gasteiger partial charge is 0.872 e. The third-order valence-electron chi connectivity index (χ3n) is 5.61. The minimum atomic E-state index is -0.200. The molecule has 2 heterocycles. The number of halogens is 1. The van der Waals surface area contributed by atoms with Gasteiger partial charge in [-0.2, -0.15) is 0 Å². The van der Waals surface area contributed by atoms with Crippen LogP contribution in [0.25, 0.3) is 6.08 Å². The molecule has 0 spiro atoms. The number of methoxy groups -OCH3 is 1. The second kappa shape index (κ2) is 8.59. The van der Waals surface area contributed by atoms with Crippen LogP contribution in [0.15, 0.2) is 40.6 Å². The van der Waals surface area contributed by atoms with Gasteiger partial charge < -0.3 is 19.5 Å². The number of ether oxygens (including phenoxy) is 2. The van der Waals surface area contributed by atoms with Crippen LogP contribution in [-0.4, -0.2) is 26.0 Å². The molecule has 0 unspecified atom stereocenters. The van der Waals surface area contributed by atoms with Gasteiger partial charge in [0.1, 0.15) is 18.0 Å². The van der Waals surface area contributed by atoms with Gasteiger partial charge in [0.15, 0.2) is 5.76 Å². The zero-order valence-corrected chi connectivity index (χ0v) is 18.0. The predicted molar refractivity (Wildman–Crippen MR) is 112 cm³/mol. The molecule has 2 aromatic rings. The van der Waals surface area contributed by atoms with Gasteiger partial charge >= 0.3 is 0 Å². The third-order valence-corrected chi connectivity index (χ3v) is 6.11. The van der Waals surface area contributed by atoms with Crippen molar-refractivity contribution >= 4 is 27.8 Å². The first-order chi connectivity index (χ1) is 14.1. The number of nitrogens with one attached hydrogen (secondary N) is 1. The zero-order chi connectivity index (χ0) is 20.4. The number of carbonyl (C=O) groups is 1. The van der Waals surface area contributed by atoms with Gasteiger partial charge in [0, 0.05) is 15.6 Å². The Hall–Kier alpha value is -2.31. The van der Waals surface area contributed by atoms with Gasteiger partial charge in [-0.15, -0.1) is 0 Å². The minimum absolute atomic E-state index is 0.0606. The number of rotatable bonds is 4. The lowest BCUT2D eigenvalue weighted by Gasteiger charge is -2.22. The molecule has 2 aliphatic heterocycles. The van der Waals surface area contributed by atoms with E-state index in [1.807, 2.05) is 18.2 Å². The van der Waals surface area contributed by atoms with Crippen molar-refractivity contribution in [2.45, 2.75) is 32.2 Å². The van der Waals surface area contributed by atoms with Crippen molar-refractivity contribution in [3.8, 4) is 17.2 Å². The van der Waals surface area contributed by atoms with Gasteiger partial charge in [-0.05, 0) is 56.0 Å². The van der Waals surface area contributed by atoms with Crippen LogP contribution >= 0.6 is 15.9 Å². The van der Waals surface area contributed by atoms with Crippen molar-refractivity contribution < 1.29 is 24.3 Å². The molecule has 2 aliphatic rings.